The van der Waals surface area contributed by atoms with Crippen LogP contribution in [0.25, 0.3) is 5.69 Å². The fourth-order valence-electron chi connectivity index (χ4n) is 2.53. The Bertz CT molecular complexity index is 1030. The van der Waals surface area contributed by atoms with Gasteiger partial charge >= 0.3 is 5.97 Å². The molecular weight excluding hydrogens is 368 g/mol. The minimum Gasteiger partial charge on any atom is -0.465 e. The molecule has 0 saturated heterocycles. The highest BCUT2D eigenvalue weighted by Crippen LogP contribution is 2.21. The quantitative estimate of drug-likeness (QED) is 0.695. The van der Waals surface area contributed by atoms with Crippen LogP contribution in [0.15, 0.2) is 42.5 Å². The van der Waals surface area contributed by atoms with Crippen molar-refractivity contribution in [2.75, 3.05) is 12.4 Å². The van der Waals surface area contributed by atoms with Crippen molar-refractivity contribution in [3.63, 3.8) is 0 Å². The number of benzene rings is 2. The van der Waals surface area contributed by atoms with Gasteiger partial charge in [-0.2, -0.15) is 0 Å². The van der Waals surface area contributed by atoms with Crippen molar-refractivity contribution in [2.24, 2.45) is 0 Å². The summed E-state index contributed by atoms with van der Waals surface area (Å²) in [4.78, 5) is 24.2. The molecule has 8 heteroatoms. The summed E-state index contributed by atoms with van der Waals surface area (Å²) < 4.78 is 6.23. The van der Waals surface area contributed by atoms with Crippen LogP contribution in [0.1, 0.15) is 32.1 Å². The van der Waals surface area contributed by atoms with E-state index in [1.807, 2.05) is 19.1 Å². The summed E-state index contributed by atoms with van der Waals surface area (Å²) in [6, 6.07) is 11.9. The summed E-state index contributed by atoms with van der Waals surface area (Å²) in [7, 11) is 1.30. The molecule has 2 aromatic carbocycles. The minimum atomic E-state index is -0.482. The summed E-state index contributed by atoms with van der Waals surface area (Å²) in [6.07, 6.45) is 0. The third kappa shape index (κ3) is 3.83. The van der Waals surface area contributed by atoms with Gasteiger partial charge in [0.2, 0.25) is 0 Å². The number of halogens is 1. The van der Waals surface area contributed by atoms with Crippen molar-refractivity contribution < 1.29 is 14.3 Å². The number of aromatic nitrogens is 3. The van der Waals surface area contributed by atoms with E-state index in [0.29, 0.717) is 27.7 Å². The Morgan fingerprint density at radius 1 is 1.15 bits per heavy atom. The van der Waals surface area contributed by atoms with E-state index in [-0.39, 0.29) is 5.69 Å². The fourth-order valence-corrected chi connectivity index (χ4v) is 2.70. The monoisotopic (exact) mass is 384 g/mol. The average molecular weight is 385 g/mol. The van der Waals surface area contributed by atoms with E-state index in [1.165, 1.54) is 13.2 Å². The lowest BCUT2D eigenvalue weighted by molar-refractivity contribution is 0.0600. The third-order valence-corrected chi connectivity index (χ3v) is 4.46. The second kappa shape index (κ2) is 7.59. The second-order valence-electron chi connectivity index (χ2n) is 5.90. The molecule has 0 unspecified atom stereocenters. The number of esters is 1. The molecule has 3 rings (SSSR count). The number of amides is 1. The molecule has 0 aliphatic rings. The molecule has 1 heterocycles. The summed E-state index contributed by atoms with van der Waals surface area (Å²) in [5.74, 6) is -0.913. The molecule has 7 nitrogen and oxygen atoms in total. The highest BCUT2D eigenvalue weighted by Gasteiger charge is 2.18. The zero-order valence-corrected chi connectivity index (χ0v) is 15.7. The van der Waals surface area contributed by atoms with Gasteiger partial charge in [0.1, 0.15) is 0 Å². The number of carbonyl (C=O) groups excluding carboxylic acids is 2. The van der Waals surface area contributed by atoms with Crippen molar-refractivity contribution in [1.29, 1.82) is 0 Å². The van der Waals surface area contributed by atoms with Gasteiger partial charge in [-0.15, -0.1) is 5.10 Å². The van der Waals surface area contributed by atoms with Crippen LogP contribution in [0.4, 0.5) is 5.69 Å². The number of anilines is 1. The topological polar surface area (TPSA) is 86.1 Å². The Hall–Kier alpha value is -3.19. The van der Waals surface area contributed by atoms with Gasteiger partial charge in [0.05, 0.1) is 24.1 Å². The lowest BCUT2D eigenvalue weighted by Gasteiger charge is -2.07. The standard InChI is InChI=1S/C19H17ClN4O3/c1-11-7-8-15(10-16(11)20)24-12(2)17(22-23-24)18(25)21-14-6-4-5-13(9-14)19(26)27-3/h4-10H,1-3H3,(H,21,25). The number of hydrogen-bond acceptors (Lipinski definition) is 5. The smallest absolute Gasteiger partial charge is 0.337 e. The van der Waals surface area contributed by atoms with Crippen molar-refractivity contribution >= 4 is 29.2 Å². The molecule has 27 heavy (non-hydrogen) atoms. The number of carbonyl (C=O) groups is 2. The van der Waals surface area contributed by atoms with Gasteiger partial charge in [-0.25, -0.2) is 9.48 Å². The summed E-state index contributed by atoms with van der Waals surface area (Å²) in [6.45, 7) is 3.65. The Kier molecular flexibility index (Phi) is 5.23. The SMILES string of the molecule is COC(=O)c1cccc(NC(=O)c2nnn(-c3ccc(C)c(Cl)c3)c2C)c1. The predicted octanol–water partition coefficient (Wildman–Crippen LogP) is 3.58. The number of hydrogen-bond donors (Lipinski definition) is 1. The van der Waals surface area contributed by atoms with Gasteiger partial charge in [-0.05, 0) is 49.7 Å². The predicted molar refractivity (Wildman–Crippen MR) is 102 cm³/mol. The first kappa shape index (κ1) is 18.6. The van der Waals surface area contributed by atoms with Crippen LogP contribution < -0.4 is 5.32 Å². The normalized spacial score (nSPS) is 10.5. The maximum atomic E-state index is 12.6. The second-order valence-corrected chi connectivity index (χ2v) is 6.30. The van der Waals surface area contributed by atoms with Crippen LogP contribution in [0, 0.1) is 13.8 Å². The molecule has 0 fully saturated rings. The molecule has 1 aromatic heterocycles. The molecule has 138 valence electrons. The number of nitrogens with zero attached hydrogens (tertiary/aromatic N) is 3. The van der Waals surface area contributed by atoms with Crippen LogP contribution in [-0.2, 0) is 4.74 Å². The fraction of sp³-hybridized carbons (Fsp3) is 0.158. The number of aryl methyl sites for hydroxylation is 1. The maximum Gasteiger partial charge on any atom is 0.337 e. The van der Waals surface area contributed by atoms with Crippen molar-refractivity contribution in [3.8, 4) is 5.69 Å². The zero-order valence-electron chi connectivity index (χ0n) is 15.0. The van der Waals surface area contributed by atoms with E-state index in [0.717, 1.165) is 5.56 Å². The minimum absolute atomic E-state index is 0.176. The van der Waals surface area contributed by atoms with Gasteiger partial charge in [-0.3, -0.25) is 4.79 Å². The van der Waals surface area contributed by atoms with Gasteiger partial charge in [0.15, 0.2) is 5.69 Å². The zero-order chi connectivity index (χ0) is 19.6. The molecule has 0 atom stereocenters. The highest BCUT2D eigenvalue weighted by molar-refractivity contribution is 6.31. The molecule has 0 aliphatic heterocycles. The molecular formula is C19H17ClN4O3. The Labute approximate surface area is 160 Å². The first-order chi connectivity index (χ1) is 12.9. The van der Waals surface area contributed by atoms with E-state index in [4.69, 9.17) is 11.6 Å². The van der Waals surface area contributed by atoms with Gasteiger partial charge in [0, 0.05) is 10.7 Å². The molecule has 0 aliphatic carbocycles. The largest absolute Gasteiger partial charge is 0.465 e. The lowest BCUT2D eigenvalue weighted by atomic mass is 10.2. The van der Waals surface area contributed by atoms with Crippen molar-refractivity contribution in [3.05, 3.63) is 70.0 Å². The van der Waals surface area contributed by atoms with E-state index in [2.05, 4.69) is 20.4 Å². The molecule has 0 radical (unpaired) electrons. The van der Waals surface area contributed by atoms with E-state index < -0.39 is 11.9 Å². The summed E-state index contributed by atoms with van der Waals surface area (Å²) >= 11 is 6.17. The molecule has 1 amide bonds. The molecule has 0 bridgehead atoms. The molecule has 0 spiro atoms. The van der Waals surface area contributed by atoms with E-state index in [9.17, 15) is 9.59 Å². The Morgan fingerprint density at radius 3 is 2.63 bits per heavy atom. The number of rotatable bonds is 4. The summed E-state index contributed by atoms with van der Waals surface area (Å²) in [5, 5.41) is 11.4. The lowest BCUT2D eigenvalue weighted by Crippen LogP contribution is -2.14. The van der Waals surface area contributed by atoms with E-state index >= 15 is 0 Å². The van der Waals surface area contributed by atoms with Crippen LogP contribution in [0.3, 0.4) is 0 Å². The number of nitrogens with one attached hydrogen (secondary N) is 1. The van der Waals surface area contributed by atoms with Crippen LogP contribution in [-0.4, -0.2) is 34.0 Å². The average Bonchev–Trinajstić information content (AvgIpc) is 3.05. The van der Waals surface area contributed by atoms with Gasteiger partial charge < -0.3 is 10.1 Å². The Balaban J connectivity index is 1.85. The molecule has 0 saturated carbocycles. The summed E-state index contributed by atoms with van der Waals surface area (Å²) in [5.41, 5.74) is 3.19. The first-order valence-corrected chi connectivity index (χ1v) is 8.47. The molecule has 1 N–H and O–H groups in total. The van der Waals surface area contributed by atoms with E-state index in [1.54, 1.807) is 35.9 Å². The van der Waals surface area contributed by atoms with Crippen LogP contribution in [0.2, 0.25) is 5.02 Å². The first-order valence-electron chi connectivity index (χ1n) is 8.09. The van der Waals surface area contributed by atoms with Crippen LogP contribution in [0.5, 0.6) is 0 Å². The highest BCUT2D eigenvalue weighted by atomic mass is 35.5. The van der Waals surface area contributed by atoms with Gasteiger partial charge in [-0.1, -0.05) is 28.9 Å². The van der Waals surface area contributed by atoms with Crippen molar-refractivity contribution in [1.82, 2.24) is 15.0 Å². The maximum absolute atomic E-state index is 12.6. The van der Waals surface area contributed by atoms with Crippen molar-refractivity contribution in [2.45, 2.75) is 13.8 Å². The third-order valence-electron chi connectivity index (χ3n) is 4.05. The molecule has 3 aromatic rings. The van der Waals surface area contributed by atoms with Gasteiger partial charge in [0.25, 0.3) is 5.91 Å². The number of ether oxygens (including phenoxy) is 1. The Morgan fingerprint density at radius 2 is 1.93 bits per heavy atom. The number of methoxy groups -OCH3 is 1. The van der Waals surface area contributed by atoms with Crippen LogP contribution >= 0.6 is 11.6 Å².